The van der Waals surface area contributed by atoms with Gasteiger partial charge in [-0.1, -0.05) is 5.16 Å². The molecule has 17 heavy (non-hydrogen) atoms. The largest absolute Gasteiger partial charge is 0.361 e. The van der Waals surface area contributed by atoms with E-state index in [9.17, 15) is 4.79 Å². The number of carbonyl (C=O) groups excluding carboxylic acids is 1. The quantitative estimate of drug-likeness (QED) is 0.858. The number of rotatable bonds is 3. The maximum Gasteiger partial charge on any atom is 0.259 e. The van der Waals surface area contributed by atoms with Crippen molar-refractivity contribution in [1.82, 2.24) is 15.4 Å². The molecule has 1 aromatic heterocycles. The molecule has 94 valence electrons. The third-order valence-corrected chi connectivity index (χ3v) is 3.29. The lowest BCUT2D eigenvalue weighted by molar-refractivity contribution is 0.0660. The molecule has 1 aliphatic rings. The average Bonchev–Trinajstić information content (AvgIpc) is 2.77. The fourth-order valence-corrected chi connectivity index (χ4v) is 2.33. The Morgan fingerprint density at radius 2 is 2.53 bits per heavy atom. The fourth-order valence-electron chi connectivity index (χ4n) is 2.33. The van der Waals surface area contributed by atoms with Crippen molar-refractivity contribution in [2.24, 2.45) is 0 Å². The van der Waals surface area contributed by atoms with Gasteiger partial charge in [-0.2, -0.15) is 0 Å². The van der Waals surface area contributed by atoms with E-state index < -0.39 is 0 Å². The van der Waals surface area contributed by atoms with Gasteiger partial charge < -0.3 is 14.7 Å². The van der Waals surface area contributed by atoms with Crippen LogP contribution in [-0.2, 0) is 0 Å². The van der Waals surface area contributed by atoms with Crippen LogP contribution < -0.4 is 5.32 Å². The first-order chi connectivity index (χ1) is 8.24. The van der Waals surface area contributed by atoms with E-state index >= 15 is 0 Å². The van der Waals surface area contributed by atoms with Crippen molar-refractivity contribution in [2.75, 3.05) is 19.6 Å². The molecule has 0 radical (unpaired) electrons. The van der Waals surface area contributed by atoms with Crippen LogP contribution in [0.1, 0.15) is 35.9 Å². The Kier molecular flexibility index (Phi) is 3.78. The van der Waals surface area contributed by atoms with Gasteiger partial charge in [-0.25, -0.2) is 0 Å². The molecule has 1 aromatic rings. The molecule has 0 saturated carbocycles. The molecule has 0 aliphatic carbocycles. The van der Waals surface area contributed by atoms with Gasteiger partial charge in [0.2, 0.25) is 0 Å². The van der Waals surface area contributed by atoms with Crippen molar-refractivity contribution in [2.45, 2.75) is 32.7 Å². The number of amides is 1. The van der Waals surface area contributed by atoms with Gasteiger partial charge in [0.15, 0.2) is 0 Å². The molecule has 1 fully saturated rings. The Balaban J connectivity index is 2.12. The zero-order valence-electron chi connectivity index (χ0n) is 10.4. The van der Waals surface area contributed by atoms with Crippen LogP contribution in [0.3, 0.4) is 0 Å². The van der Waals surface area contributed by atoms with Crippen molar-refractivity contribution in [3.63, 3.8) is 0 Å². The summed E-state index contributed by atoms with van der Waals surface area (Å²) in [5, 5.41) is 7.00. The van der Waals surface area contributed by atoms with Crippen LogP contribution in [0.15, 0.2) is 10.7 Å². The maximum atomic E-state index is 12.4. The van der Waals surface area contributed by atoms with Crippen molar-refractivity contribution < 1.29 is 9.32 Å². The lowest BCUT2D eigenvalue weighted by Gasteiger charge is -2.33. The first-order valence-electron chi connectivity index (χ1n) is 6.17. The van der Waals surface area contributed by atoms with E-state index in [4.69, 9.17) is 4.52 Å². The van der Waals surface area contributed by atoms with E-state index in [0.29, 0.717) is 11.3 Å². The highest BCUT2D eigenvalue weighted by Gasteiger charge is 2.26. The highest BCUT2D eigenvalue weighted by atomic mass is 16.5. The molecule has 5 nitrogen and oxygen atoms in total. The zero-order chi connectivity index (χ0) is 12.3. The zero-order valence-corrected chi connectivity index (χ0v) is 10.4. The van der Waals surface area contributed by atoms with E-state index in [-0.39, 0.29) is 11.9 Å². The molecule has 0 spiro atoms. The number of piperidine rings is 1. The van der Waals surface area contributed by atoms with Gasteiger partial charge in [0.1, 0.15) is 11.3 Å². The summed E-state index contributed by atoms with van der Waals surface area (Å²) in [6.45, 7) is 6.43. The normalized spacial score (nSPS) is 20.2. The monoisotopic (exact) mass is 237 g/mol. The van der Waals surface area contributed by atoms with Crippen LogP contribution in [0.5, 0.6) is 0 Å². The van der Waals surface area contributed by atoms with Crippen LogP contribution in [0.2, 0.25) is 0 Å². The Morgan fingerprint density at radius 1 is 1.71 bits per heavy atom. The van der Waals surface area contributed by atoms with Crippen LogP contribution in [0.4, 0.5) is 0 Å². The molecule has 2 heterocycles. The third kappa shape index (κ3) is 2.49. The van der Waals surface area contributed by atoms with Gasteiger partial charge in [0, 0.05) is 19.1 Å². The van der Waals surface area contributed by atoms with Crippen LogP contribution in [0.25, 0.3) is 0 Å². The van der Waals surface area contributed by atoms with Crippen LogP contribution in [-0.4, -0.2) is 41.6 Å². The number of nitrogens with zero attached hydrogens (tertiary/aromatic N) is 2. The summed E-state index contributed by atoms with van der Waals surface area (Å²) in [7, 11) is 0. The predicted molar refractivity (Wildman–Crippen MR) is 63.8 cm³/mol. The Labute approximate surface area is 101 Å². The number of aromatic nitrogens is 1. The molecular weight excluding hydrogens is 218 g/mol. The minimum Gasteiger partial charge on any atom is -0.361 e. The van der Waals surface area contributed by atoms with E-state index in [1.807, 2.05) is 11.8 Å². The first kappa shape index (κ1) is 12.1. The minimum atomic E-state index is 0.0277. The standard InChI is InChI=1S/C12H19N3O2/c1-3-15(10-5-4-6-13-7-10)12(16)11-8-14-17-9(11)2/h8,10,13H,3-7H2,1-2H3. The summed E-state index contributed by atoms with van der Waals surface area (Å²) in [4.78, 5) is 14.3. The van der Waals surface area contributed by atoms with Crippen molar-refractivity contribution >= 4 is 5.91 Å². The summed E-state index contributed by atoms with van der Waals surface area (Å²) in [6.07, 6.45) is 3.70. The SMILES string of the molecule is CCN(C(=O)c1cnoc1C)C1CCCNC1. The molecule has 1 N–H and O–H groups in total. The third-order valence-electron chi connectivity index (χ3n) is 3.29. The lowest BCUT2D eigenvalue weighted by Crippen LogP contribution is -2.48. The molecule has 0 bridgehead atoms. The second-order valence-electron chi connectivity index (χ2n) is 4.39. The minimum absolute atomic E-state index is 0.0277. The number of aryl methyl sites for hydroxylation is 1. The van der Waals surface area contributed by atoms with E-state index in [0.717, 1.165) is 32.5 Å². The molecule has 1 amide bonds. The van der Waals surface area contributed by atoms with E-state index in [1.54, 1.807) is 6.92 Å². The van der Waals surface area contributed by atoms with Crippen LogP contribution in [0, 0.1) is 6.92 Å². The summed E-state index contributed by atoms with van der Waals surface area (Å²) < 4.78 is 4.95. The summed E-state index contributed by atoms with van der Waals surface area (Å²) >= 11 is 0. The van der Waals surface area contributed by atoms with E-state index in [1.165, 1.54) is 6.20 Å². The smallest absolute Gasteiger partial charge is 0.259 e. The fraction of sp³-hybridized carbons (Fsp3) is 0.667. The van der Waals surface area contributed by atoms with Gasteiger partial charge in [-0.3, -0.25) is 4.79 Å². The number of likely N-dealkylation sites (N-methyl/N-ethyl adjacent to an activating group) is 1. The summed E-state index contributed by atoms with van der Waals surface area (Å²) in [6, 6.07) is 0.288. The Morgan fingerprint density at radius 3 is 3.06 bits per heavy atom. The average molecular weight is 237 g/mol. The van der Waals surface area contributed by atoms with Gasteiger partial charge in [0.05, 0.1) is 6.20 Å². The summed E-state index contributed by atoms with van der Waals surface area (Å²) in [5.74, 6) is 0.622. The van der Waals surface area contributed by atoms with Crippen molar-refractivity contribution in [1.29, 1.82) is 0 Å². The number of hydrogen-bond acceptors (Lipinski definition) is 4. The van der Waals surface area contributed by atoms with Crippen LogP contribution >= 0.6 is 0 Å². The number of nitrogens with one attached hydrogen (secondary N) is 1. The van der Waals surface area contributed by atoms with Crippen molar-refractivity contribution in [3.05, 3.63) is 17.5 Å². The Hall–Kier alpha value is -1.36. The second kappa shape index (κ2) is 5.31. The topological polar surface area (TPSA) is 58.4 Å². The molecule has 1 aliphatic heterocycles. The number of carbonyl (C=O) groups is 1. The van der Waals surface area contributed by atoms with Gasteiger partial charge in [-0.15, -0.1) is 0 Å². The first-order valence-corrected chi connectivity index (χ1v) is 6.17. The van der Waals surface area contributed by atoms with Gasteiger partial charge in [0.25, 0.3) is 5.91 Å². The number of hydrogen-bond donors (Lipinski definition) is 1. The van der Waals surface area contributed by atoms with Gasteiger partial charge >= 0.3 is 0 Å². The maximum absolute atomic E-state index is 12.4. The molecule has 1 unspecified atom stereocenters. The lowest BCUT2D eigenvalue weighted by atomic mass is 10.0. The van der Waals surface area contributed by atoms with Gasteiger partial charge in [-0.05, 0) is 33.2 Å². The van der Waals surface area contributed by atoms with Crippen molar-refractivity contribution in [3.8, 4) is 0 Å². The van der Waals surface area contributed by atoms with E-state index in [2.05, 4.69) is 10.5 Å². The second-order valence-corrected chi connectivity index (χ2v) is 4.39. The molecule has 2 rings (SSSR count). The Bertz CT molecular complexity index is 383. The highest BCUT2D eigenvalue weighted by molar-refractivity contribution is 5.95. The summed E-state index contributed by atoms with van der Waals surface area (Å²) in [5.41, 5.74) is 0.581. The molecule has 1 saturated heterocycles. The highest BCUT2D eigenvalue weighted by Crippen LogP contribution is 2.16. The molecule has 1 atom stereocenters. The molecule has 5 heteroatoms. The predicted octanol–water partition coefficient (Wildman–Crippen LogP) is 1.20. The molecule has 0 aromatic carbocycles. The molecular formula is C12H19N3O2.